The lowest BCUT2D eigenvalue weighted by Crippen LogP contribution is -2.27. The molecule has 5 aromatic rings. The van der Waals surface area contributed by atoms with Crippen molar-refractivity contribution >= 4 is 22.7 Å². The number of anilines is 2. The predicted octanol–water partition coefficient (Wildman–Crippen LogP) is 4.58. The second-order valence-corrected chi connectivity index (χ2v) is 7.44. The Morgan fingerprint density at radius 2 is 1.67 bits per heavy atom. The maximum atomic E-state index is 13.2. The number of nitrogens with one attached hydrogen (secondary N) is 1. The van der Waals surface area contributed by atoms with Crippen molar-refractivity contribution in [3.63, 3.8) is 0 Å². The summed E-state index contributed by atoms with van der Waals surface area (Å²) in [5.41, 5.74) is 2.81. The number of fused-ring (bicyclic) bond motifs is 1. The fourth-order valence-electron chi connectivity index (χ4n) is 3.77. The lowest BCUT2D eigenvalue weighted by Gasteiger charge is -2.22. The van der Waals surface area contributed by atoms with Gasteiger partial charge in [-0.1, -0.05) is 36.4 Å². The van der Waals surface area contributed by atoms with E-state index in [2.05, 4.69) is 15.3 Å². The van der Waals surface area contributed by atoms with Gasteiger partial charge in [0, 0.05) is 29.5 Å². The van der Waals surface area contributed by atoms with Crippen molar-refractivity contribution in [1.29, 1.82) is 0 Å². The van der Waals surface area contributed by atoms with Crippen molar-refractivity contribution in [2.24, 2.45) is 0 Å². The highest BCUT2D eigenvalue weighted by molar-refractivity contribution is 5.76. The first kappa shape index (κ1) is 20.4. The maximum absolute atomic E-state index is 13.2. The van der Waals surface area contributed by atoms with Gasteiger partial charge in [0.05, 0.1) is 12.8 Å². The van der Waals surface area contributed by atoms with E-state index >= 15 is 0 Å². The summed E-state index contributed by atoms with van der Waals surface area (Å²) in [5, 5.41) is 3.96. The second-order valence-electron chi connectivity index (χ2n) is 7.44. The van der Waals surface area contributed by atoms with Crippen LogP contribution in [0.3, 0.4) is 0 Å². The molecule has 7 heteroatoms. The number of rotatable bonds is 6. The molecule has 1 unspecified atom stereocenters. The smallest absolute Gasteiger partial charge is 0.253 e. The van der Waals surface area contributed by atoms with Crippen LogP contribution in [0.2, 0.25) is 0 Å². The van der Waals surface area contributed by atoms with Crippen molar-refractivity contribution in [3.05, 3.63) is 119 Å². The third-order valence-electron chi connectivity index (χ3n) is 5.35. The Bertz CT molecular complexity index is 1440. The maximum Gasteiger partial charge on any atom is 0.253 e. The zero-order chi connectivity index (χ0) is 22.6. The van der Waals surface area contributed by atoms with Gasteiger partial charge in [-0.25, -0.2) is 4.98 Å². The van der Waals surface area contributed by atoms with Gasteiger partial charge in [0.15, 0.2) is 0 Å². The fraction of sp³-hybridized carbons (Fsp3) is 0.0769. The molecule has 33 heavy (non-hydrogen) atoms. The molecule has 162 valence electrons. The number of nitrogens with zero attached hydrogens (tertiary/aromatic N) is 4. The lowest BCUT2D eigenvalue weighted by molar-refractivity contribution is 0.414. The molecule has 1 N–H and O–H groups in total. The third kappa shape index (κ3) is 4.16. The quantitative estimate of drug-likeness (QED) is 0.421. The van der Waals surface area contributed by atoms with Crippen molar-refractivity contribution in [2.75, 3.05) is 12.4 Å². The fourth-order valence-corrected chi connectivity index (χ4v) is 3.77. The first-order valence-electron chi connectivity index (χ1n) is 10.5. The molecule has 0 spiro atoms. The number of pyridine rings is 2. The largest absolute Gasteiger partial charge is 0.497 e. The Morgan fingerprint density at radius 1 is 0.879 bits per heavy atom. The molecule has 0 aliphatic rings. The number of aromatic nitrogens is 4. The normalized spacial score (nSPS) is 11.8. The summed E-state index contributed by atoms with van der Waals surface area (Å²) in [4.78, 5) is 27.0. The van der Waals surface area contributed by atoms with Crippen LogP contribution in [-0.4, -0.2) is 26.6 Å². The zero-order valence-corrected chi connectivity index (χ0v) is 17.9. The second kappa shape index (κ2) is 8.92. The minimum Gasteiger partial charge on any atom is -0.497 e. The van der Waals surface area contributed by atoms with Gasteiger partial charge in [-0.2, -0.15) is 4.98 Å². The summed E-state index contributed by atoms with van der Waals surface area (Å²) >= 11 is 0. The summed E-state index contributed by atoms with van der Waals surface area (Å²) in [6.07, 6.45) is 3.44. The monoisotopic (exact) mass is 435 g/mol. The Morgan fingerprint density at radius 3 is 2.39 bits per heavy atom. The van der Waals surface area contributed by atoms with Crippen LogP contribution < -0.4 is 15.6 Å². The van der Waals surface area contributed by atoms with Gasteiger partial charge in [-0.3, -0.25) is 14.3 Å². The number of para-hydroxylation sites is 1. The van der Waals surface area contributed by atoms with Crippen LogP contribution in [0.5, 0.6) is 5.75 Å². The third-order valence-corrected chi connectivity index (χ3v) is 5.35. The van der Waals surface area contributed by atoms with Crippen LogP contribution in [0.15, 0.2) is 102 Å². The molecule has 0 aliphatic heterocycles. The molecular formula is C26H21N5O2. The van der Waals surface area contributed by atoms with Crippen molar-refractivity contribution < 1.29 is 4.74 Å². The zero-order valence-electron chi connectivity index (χ0n) is 17.9. The molecule has 0 fully saturated rings. The van der Waals surface area contributed by atoms with Crippen LogP contribution >= 0.6 is 0 Å². The van der Waals surface area contributed by atoms with E-state index in [4.69, 9.17) is 9.72 Å². The highest BCUT2D eigenvalue weighted by atomic mass is 16.5. The van der Waals surface area contributed by atoms with Gasteiger partial charge in [-0.15, -0.1) is 0 Å². The molecule has 0 saturated heterocycles. The van der Waals surface area contributed by atoms with Crippen molar-refractivity contribution in [2.45, 2.75) is 6.04 Å². The number of methoxy groups -OCH3 is 1. The Balaban J connectivity index is 1.70. The van der Waals surface area contributed by atoms with Gasteiger partial charge in [0.25, 0.3) is 5.56 Å². The first-order valence-corrected chi connectivity index (χ1v) is 10.5. The summed E-state index contributed by atoms with van der Waals surface area (Å²) < 4.78 is 6.98. The number of hydrogen-bond donors (Lipinski definition) is 1. The van der Waals surface area contributed by atoms with Gasteiger partial charge in [0.1, 0.15) is 17.4 Å². The molecule has 0 aliphatic carbocycles. The number of hydrogen-bond acceptors (Lipinski definition) is 6. The molecule has 7 nitrogen and oxygen atoms in total. The lowest BCUT2D eigenvalue weighted by atomic mass is 10.0. The minimum absolute atomic E-state index is 0.182. The molecule has 0 bridgehead atoms. The van der Waals surface area contributed by atoms with E-state index in [0.29, 0.717) is 11.6 Å². The average Bonchev–Trinajstić information content (AvgIpc) is 2.87. The van der Waals surface area contributed by atoms with E-state index in [0.717, 1.165) is 28.1 Å². The summed E-state index contributed by atoms with van der Waals surface area (Å²) in [7, 11) is 1.62. The Hall–Kier alpha value is -4.52. The van der Waals surface area contributed by atoms with Gasteiger partial charge in [-0.05, 0) is 48.0 Å². The van der Waals surface area contributed by atoms with E-state index < -0.39 is 6.04 Å². The molecule has 2 aromatic carbocycles. The van der Waals surface area contributed by atoms with E-state index in [1.54, 1.807) is 30.1 Å². The summed E-state index contributed by atoms with van der Waals surface area (Å²) in [6, 6.07) is 25.8. The molecule has 0 amide bonds. The van der Waals surface area contributed by atoms with Crippen LogP contribution in [0.4, 0.5) is 11.6 Å². The van der Waals surface area contributed by atoms with E-state index in [1.807, 2.05) is 72.8 Å². The standard InChI is InChI=1S/C26H21N5O2/c1-33-21-13-10-18(11-14-21)24(22-9-5-6-16-27-22)31-23(32)15-12-19-17-28-26(30-25(19)31)29-20-7-3-2-4-8-20/h2-17,24H,1H3,(H,28,29,30). The SMILES string of the molecule is COc1ccc(C(c2ccccn2)n2c(=O)ccc3cnc(Nc4ccccc4)nc32)cc1. The van der Waals surface area contributed by atoms with Crippen LogP contribution in [0.1, 0.15) is 17.3 Å². The average molecular weight is 435 g/mol. The van der Waals surface area contributed by atoms with Crippen LogP contribution in [0.25, 0.3) is 11.0 Å². The van der Waals surface area contributed by atoms with E-state index in [9.17, 15) is 4.79 Å². The highest BCUT2D eigenvalue weighted by Crippen LogP contribution is 2.28. The van der Waals surface area contributed by atoms with Gasteiger partial charge < -0.3 is 10.1 Å². The molecule has 3 aromatic heterocycles. The molecule has 0 saturated carbocycles. The van der Waals surface area contributed by atoms with Crippen LogP contribution in [0, 0.1) is 0 Å². The van der Waals surface area contributed by atoms with Crippen LogP contribution in [-0.2, 0) is 0 Å². The number of benzene rings is 2. The van der Waals surface area contributed by atoms with Crippen molar-refractivity contribution in [3.8, 4) is 5.75 Å². The first-order chi connectivity index (χ1) is 16.2. The van der Waals surface area contributed by atoms with Gasteiger partial charge >= 0.3 is 0 Å². The Labute approximate surface area is 190 Å². The predicted molar refractivity (Wildman–Crippen MR) is 128 cm³/mol. The molecule has 0 radical (unpaired) electrons. The van der Waals surface area contributed by atoms with E-state index in [-0.39, 0.29) is 5.56 Å². The Kier molecular flexibility index (Phi) is 5.51. The van der Waals surface area contributed by atoms with Crippen molar-refractivity contribution in [1.82, 2.24) is 19.5 Å². The molecule has 5 rings (SSSR count). The minimum atomic E-state index is -0.479. The molecule has 1 atom stereocenters. The topological polar surface area (TPSA) is 81.9 Å². The molecular weight excluding hydrogens is 414 g/mol. The summed E-state index contributed by atoms with van der Waals surface area (Å²) in [6.45, 7) is 0. The summed E-state index contributed by atoms with van der Waals surface area (Å²) in [5.74, 6) is 1.14. The number of ether oxygens (including phenoxy) is 1. The molecule has 3 heterocycles. The van der Waals surface area contributed by atoms with Gasteiger partial charge in [0.2, 0.25) is 5.95 Å². The van der Waals surface area contributed by atoms with E-state index in [1.165, 1.54) is 6.07 Å². The highest BCUT2D eigenvalue weighted by Gasteiger charge is 2.22.